The van der Waals surface area contributed by atoms with Crippen LogP contribution in [0.1, 0.15) is 0 Å². The van der Waals surface area contributed by atoms with E-state index in [-0.39, 0.29) is 6.61 Å². The van der Waals surface area contributed by atoms with E-state index in [0.29, 0.717) is 5.75 Å². The molecule has 94 valence electrons. The van der Waals surface area contributed by atoms with Crippen LogP contribution in [0.2, 0.25) is 0 Å². The average Bonchev–Trinajstić information content (AvgIpc) is 2.38. The molecule has 2 rings (SSSR count). The van der Waals surface area contributed by atoms with Gasteiger partial charge in [0.25, 0.3) is 0 Å². The predicted octanol–water partition coefficient (Wildman–Crippen LogP) is 1.71. The molecule has 0 amide bonds. The number of pyridine rings is 1. The molecule has 1 atom stereocenters. The lowest BCUT2D eigenvalue weighted by Gasteiger charge is -2.15. The summed E-state index contributed by atoms with van der Waals surface area (Å²) < 4.78 is 10.3. The lowest BCUT2D eigenvalue weighted by Crippen LogP contribution is -2.31. The number of hydrogen-bond donors (Lipinski definition) is 1. The molecule has 5 heteroatoms. The summed E-state index contributed by atoms with van der Waals surface area (Å²) >= 11 is 0. The molecule has 0 saturated carbocycles. The largest absolute Gasteiger partial charge is 0.478 e. The second-order valence-corrected chi connectivity index (χ2v) is 3.73. The van der Waals surface area contributed by atoms with Crippen molar-refractivity contribution in [2.45, 2.75) is 6.10 Å². The van der Waals surface area contributed by atoms with Crippen LogP contribution in [0.4, 0.5) is 0 Å². The van der Waals surface area contributed by atoms with Crippen molar-refractivity contribution in [1.82, 2.24) is 4.98 Å². The van der Waals surface area contributed by atoms with Gasteiger partial charge in [-0.2, -0.15) is 0 Å². The molecule has 0 aliphatic rings. The van der Waals surface area contributed by atoms with Gasteiger partial charge in [-0.25, -0.2) is 4.79 Å². The first-order valence-corrected chi connectivity index (χ1v) is 5.44. The highest BCUT2D eigenvalue weighted by Gasteiger charge is 2.20. The number of hydrogen-bond acceptors (Lipinski definition) is 4. The first-order chi connectivity index (χ1) is 8.72. The van der Waals surface area contributed by atoms with Crippen LogP contribution in [0.15, 0.2) is 36.5 Å². The van der Waals surface area contributed by atoms with Gasteiger partial charge in [-0.3, -0.25) is 4.98 Å². The van der Waals surface area contributed by atoms with Crippen LogP contribution in [0, 0.1) is 0 Å². The zero-order chi connectivity index (χ0) is 13.0. The third-order valence-corrected chi connectivity index (χ3v) is 2.47. The number of methoxy groups -OCH3 is 1. The Morgan fingerprint density at radius 1 is 1.39 bits per heavy atom. The van der Waals surface area contributed by atoms with Gasteiger partial charge >= 0.3 is 5.97 Å². The van der Waals surface area contributed by atoms with Crippen LogP contribution in [0.25, 0.3) is 10.9 Å². The molecule has 1 aromatic carbocycles. The molecule has 2 aromatic rings. The minimum absolute atomic E-state index is 0.00795. The van der Waals surface area contributed by atoms with Crippen molar-refractivity contribution in [3.8, 4) is 5.75 Å². The summed E-state index contributed by atoms with van der Waals surface area (Å²) in [6, 6.07) is 8.95. The molecule has 5 nitrogen and oxygen atoms in total. The summed E-state index contributed by atoms with van der Waals surface area (Å²) in [5, 5.41) is 9.80. The summed E-state index contributed by atoms with van der Waals surface area (Å²) in [5.74, 6) is -0.567. The Bertz CT molecular complexity index is 550. The van der Waals surface area contributed by atoms with Crippen molar-refractivity contribution in [3.63, 3.8) is 0 Å². The molecule has 1 heterocycles. The zero-order valence-corrected chi connectivity index (χ0v) is 9.87. The summed E-state index contributed by atoms with van der Waals surface area (Å²) in [5.41, 5.74) is 0.761. The van der Waals surface area contributed by atoms with E-state index in [2.05, 4.69) is 4.98 Å². The van der Waals surface area contributed by atoms with Crippen molar-refractivity contribution in [1.29, 1.82) is 0 Å². The SMILES string of the molecule is COCC(Oc1cccc2ncccc12)C(=O)O. The predicted molar refractivity (Wildman–Crippen MR) is 65.7 cm³/mol. The lowest BCUT2D eigenvalue weighted by molar-refractivity contribution is -0.147. The number of fused-ring (bicyclic) bond motifs is 1. The molecule has 0 bridgehead atoms. The van der Waals surface area contributed by atoms with Gasteiger partial charge in [0.2, 0.25) is 6.10 Å². The number of nitrogens with zero attached hydrogens (tertiary/aromatic N) is 1. The number of carbonyl (C=O) groups is 1. The molecule has 0 saturated heterocycles. The summed E-state index contributed by atoms with van der Waals surface area (Å²) in [4.78, 5) is 15.2. The summed E-state index contributed by atoms with van der Waals surface area (Å²) in [6.07, 6.45) is 0.650. The Balaban J connectivity index is 2.33. The molecule has 1 aromatic heterocycles. The number of benzene rings is 1. The minimum Gasteiger partial charge on any atom is -0.478 e. The number of rotatable bonds is 5. The fourth-order valence-electron chi connectivity index (χ4n) is 1.64. The average molecular weight is 247 g/mol. The van der Waals surface area contributed by atoms with Crippen LogP contribution < -0.4 is 4.74 Å². The molecular formula is C13H13NO4. The highest BCUT2D eigenvalue weighted by molar-refractivity contribution is 5.85. The van der Waals surface area contributed by atoms with Gasteiger partial charge in [0.05, 0.1) is 12.1 Å². The van der Waals surface area contributed by atoms with E-state index in [1.807, 2.05) is 12.1 Å². The van der Waals surface area contributed by atoms with Crippen molar-refractivity contribution in [2.75, 3.05) is 13.7 Å². The second kappa shape index (κ2) is 5.46. The maximum atomic E-state index is 11.0. The highest BCUT2D eigenvalue weighted by Crippen LogP contribution is 2.24. The Hall–Kier alpha value is -2.14. The maximum Gasteiger partial charge on any atom is 0.347 e. The normalized spacial score (nSPS) is 12.3. The molecule has 1 N–H and O–H groups in total. The van der Waals surface area contributed by atoms with Gasteiger partial charge in [-0.05, 0) is 24.3 Å². The van der Waals surface area contributed by atoms with E-state index < -0.39 is 12.1 Å². The van der Waals surface area contributed by atoms with Crippen molar-refractivity contribution in [2.24, 2.45) is 0 Å². The number of carboxylic acids is 1. The van der Waals surface area contributed by atoms with Crippen LogP contribution in [-0.2, 0) is 9.53 Å². The maximum absolute atomic E-state index is 11.0. The Labute approximate surface area is 104 Å². The molecule has 18 heavy (non-hydrogen) atoms. The third kappa shape index (κ3) is 2.57. The highest BCUT2D eigenvalue weighted by atomic mass is 16.5. The van der Waals surface area contributed by atoms with Gasteiger partial charge in [0.1, 0.15) is 5.75 Å². The standard InChI is InChI=1S/C13H13NO4/c1-17-8-12(13(15)16)18-11-6-2-5-10-9(11)4-3-7-14-10/h2-7,12H,8H2,1H3,(H,15,16). The Morgan fingerprint density at radius 3 is 2.94 bits per heavy atom. The molecule has 0 aliphatic heterocycles. The summed E-state index contributed by atoms with van der Waals surface area (Å²) in [7, 11) is 1.43. The van der Waals surface area contributed by atoms with Crippen LogP contribution in [-0.4, -0.2) is 35.9 Å². The van der Waals surface area contributed by atoms with Crippen molar-refractivity contribution < 1.29 is 19.4 Å². The molecule has 0 fully saturated rings. The van der Waals surface area contributed by atoms with E-state index in [1.165, 1.54) is 7.11 Å². The molecule has 0 radical (unpaired) electrons. The molecule has 0 spiro atoms. The van der Waals surface area contributed by atoms with E-state index in [1.54, 1.807) is 24.4 Å². The van der Waals surface area contributed by atoms with E-state index in [0.717, 1.165) is 10.9 Å². The second-order valence-electron chi connectivity index (χ2n) is 3.73. The van der Waals surface area contributed by atoms with Crippen LogP contribution >= 0.6 is 0 Å². The van der Waals surface area contributed by atoms with E-state index >= 15 is 0 Å². The van der Waals surface area contributed by atoms with E-state index in [4.69, 9.17) is 14.6 Å². The lowest BCUT2D eigenvalue weighted by atomic mass is 10.2. The topological polar surface area (TPSA) is 68.7 Å². The van der Waals surface area contributed by atoms with Gasteiger partial charge < -0.3 is 14.6 Å². The summed E-state index contributed by atoms with van der Waals surface area (Å²) in [6.45, 7) is -0.00795. The van der Waals surface area contributed by atoms with E-state index in [9.17, 15) is 4.79 Å². The number of ether oxygens (including phenoxy) is 2. The first-order valence-electron chi connectivity index (χ1n) is 5.44. The van der Waals surface area contributed by atoms with Gasteiger partial charge in [-0.15, -0.1) is 0 Å². The third-order valence-electron chi connectivity index (χ3n) is 2.47. The fraction of sp³-hybridized carbons (Fsp3) is 0.231. The molecule has 1 unspecified atom stereocenters. The van der Waals surface area contributed by atoms with Crippen LogP contribution in [0.3, 0.4) is 0 Å². The monoisotopic (exact) mass is 247 g/mol. The number of aliphatic carboxylic acids is 1. The fourth-order valence-corrected chi connectivity index (χ4v) is 1.64. The Morgan fingerprint density at radius 2 is 2.22 bits per heavy atom. The quantitative estimate of drug-likeness (QED) is 0.871. The van der Waals surface area contributed by atoms with Crippen LogP contribution in [0.5, 0.6) is 5.75 Å². The number of aromatic nitrogens is 1. The zero-order valence-electron chi connectivity index (χ0n) is 9.87. The Kier molecular flexibility index (Phi) is 3.74. The number of carboxylic acid groups (broad SMARTS) is 1. The molecular weight excluding hydrogens is 234 g/mol. The minimum atomic E-state index is -1.06. The smallest absolute Gasteiger partial charge is 0.347 e. The van der Waals surface area contributed by atoms with Crippen molar-refractivity contribution in [3.05, 3.63) is 36.5 Å². The molecule has 0 aliphatic carbocycles. The van der Waals surface area contributed by atoms with Gasteiger partial charge in [0.15, 0.2) is 0 Å². The van der Waals surface area contributed by atoms with Crippen molar-refractivity contribution >= 4 is 16.9 Å². The van der Waals surface area contributed by atoms with Gasteiger partial charge in [-0.1, -0.05) is 6.07 Å². The first kappa shape index (κ1) is 12.3. The van der Waals surface area contributed by atoms with Gasteiger partial charge in [0, 0.05) is 18.7 Å².